The number of aliphatic hydroxyl groups is 1. The Bertz CT molecular complexity index is 427. The van der Waals surface area contributed by atoms with Crippen LogP contribution in [-0.2, 0) is 9.47 Å². The van der Waals surface area contributed by atoms with Crippen LogP contribution in [0.15, 0.2) is 0 Å². The van der Waals surface area contributed by atoms with E-state index in [9.17, 15) is 5.11 Å². The molecule has 5 aliphatic carbocycles. The van der Waals surface area contributed by atoms with Gasteiger partial charge < -0.3 is 14.6 Å². The van der Waals surface area contributed by atoms with Crippen molar-refractivity contribution in [2.24, 2.45) is 17.8 Å². The zero-order chi connectivity index (χ0) is 18.7. The summed E-state index contributed by atoms with van der Waals surface area (Å²) in [6.07, 6.45) is 14.5. The molecule has 0 unspecified atom stereocenters. The van der Waals surface area contributed by atoms with Crippen LogP contribution in [0.4, 0.5) is 0 Å². The maximum absolute atomic E-state index is 10.4. The van der Waals surface area contributed by atoms with Gasteiger partial charge in [-0.1, -0.05) is 26.2 Å². The fraction of sp³-hybridized carbons (Fsp3) is 1.00. The topological polar surface area (TPSA) is 41.9 Å². The van der Waals surface area contributed by atoms with Gasteiger partial charge in [-0.2, -0.15) is 0 Å². The highest BCUT2D eigenvalue weighted by molar-refractivity contribution is 5.03. The second-order valence-corrected chi connectivity index (χ2v) is 10.1. The predicted molar refractivity (Wildman–Crippen MR) is 108 cm³/mol. The molecule has 5 rings (SSSR count). The Labute approximate surface area is 166 Å². The van der Waals surface area contributed by atoms with Gasteiger partial charge in [-0.15, -0.1) is 0 Å². The number of likely N-dealkylation sites (N-methyl/N-ethyl adjacent to an activating group) is 1. The zero-order valence-electron chi connectivity index (χ0n) is 17.4. The molecule has 0 aliphatic heterocycles. The van der Waals surface area contributed by atoms with Crippen LogP contribution < -0.4 is 0 Å². The summed E-state index contributed by atoms with van der Waals surface area (Å²) in [6.45, 7) is 5.73. The monoisotopic (exact) mass is 379 g/mol. The lowest BCUT2D eigenvalue weighted by Crippen LogP contribution is -2.52. The molecular weight excluding hydrogens is 338 g/mol. The molecular formula is C23H41NO3. The van der Waals surface area contributed by atoms with Crippen molar-refractivity contribution in [3.05, 3.63) is 0 Å². The first-order valence-corrected chi connectivity index (χ1v) is 11.8. The minimum atomic E-state index is -0.383. The average molecular weight is 380 g/mol. The van der Waals surface area contributed by atoms with Crippen LogP contribution in [0, 0.1) is 17.8 Å². The molecule has 5 saturated carbocycles. The minimum Gasteiger partial charge on any atom is -0.389 e. The number of hydrogen-bond donors (Lipinski definition) is 1. The van der Waals surface area contributed by atoms with Gasteiger partial charge in [0, 0.05) is 12.6 Å². The van der Waals surface area contributed by atoms with Gasteiger partial charge in [-0.25, -0.2) is 0 Å². The van der Waals surface area contributed by atoms with E-state index in [-0.39, 0.29) is 11.7 Å². The summed E-state index contributed by atoms with van der Waals surface area (Å²) in [5.74, 6) is 2.79. The number of hydrogen-bond acceptors (Lipinski definition) is 4. The first kappa shape index (κ1) is 20.1. The van der Waals surface area contributed by atoms with Crippen molar-refractivity contribution in [2.45, 2.75) is 95.3 Å². The van der Waals surface area contributed by atoms with Crippen LogP contribution in [-0.4, -0.2) is 60.7 Å². The maximum atomic E-state index is 10.4. The largest absolute Gasteiger partial charge is 0.389 e. The fourth-order valence-electron chi connectivity index (χ4n) is 7.05. The molecule has 5 aliphatic rings. The van der Waals surface area contributed by atoms with Crippen molar-refractivity contribution >= 4 is 0 Å². The average Bonchev–Trinajstić information content (AvgIpc) is 2.65. The van der Waals surface area contributed by atoms with Gasteiger partial charge in [0.25, 0.3) is 0 Å². The van der Waals surface area contributed by atoms with E-state index < -0.39 is 0 Å². The molecule has 0 amide bonds. The van der Waals surface area contributed by atoms with E-state index in [0.29, 0.717) is 25.9 Å². The van der Waals surface area contributed by atoms with Crippen molar-refractivity contribution in [1.82, 2.24) is 4.90 Å². The normalized spacial score (nSPS) is 37.2. The molecule has 4 nitrogen and oxygen atoms in total. The maximum Gasteiger partial charge on any atom is 0.0900 e. The summed E-state index contributed by atoms with van der Waals surface area (Å²) in [4.78, 5) is 2.46. The summed E-state index contributed by atoms with van der Waals surface area (Å²) >= 11 is 0. The second-order valence-electron chi connectivity index (χ2n) is 10.1. The summed E-state index contributed by atoms with van der Waals surface area (Å²) in [6, 6.07) is 0.665. The summed E-state index contributed by atoms with van der Waals surface area (Å²) in [5.41, 5.74) is 0.177. The van der Waals surface area contributed by atoms with E-state index in [0.717, 1.165) is 30.8 Å². The van der Waals surface area contributed by atoms with Crippen molar-refractivity contribution < 1.29 is 14.6 Å². The lowest BCUT2D eigenvalue weighted by molar-refractivity contribution is -0.170. The Morgan fingerprint density at radius 3 is 2.19 bits per heavy atom. The molecule has 0 aromatic rings. The lowest BCUT2D eigenvalue weighted by Gasteiger charge is -2.56. The van der Waals surface area contributed by atoms with Crippen LogP contribution >= 0.6 is 0 Å². The molecule has 27 heavy (non-hydrogen) atoms. The van der Waals surface area contributed by atoms with Crippen molar-refractivity contribution in [1.29, 1.82) is 0 Å². The van der Waals surface area contributed by atoms with Crippen molar-refractivity contribution in [2.75, 3.05) is 32.9 Å². The molecule has 0 spiro atoms. The van der Waals surface area contributed by atoms with E-state index in [4.69, 9.17) is 9.47 Å². The Morgan fingerprint density at radius 1 is 0.963 bits per heavy atom. The quantitative estimate of drug-likeness (QED) is 0.583. The lowest BCUT2D eigenvalue weighted by atomic mass is 9.54. The molecule has 0 radical (unpaired) electrons. The third kappa shape index (κ3) is 5.07. The first-order valence-electron chi connectivity index (χ1n) is 11.8. The highest BCUT2D eigenvalue weighted by atomic mass is 16.5. The van der Waals surface area contributed by atoms with Gasteiger partial charge in [0.05, 0.1) is 31.5 Å². The van der Waals surface area contributed by atoms with Crippen molar-refractivity contribution in [3.8, 4) is 0 Å². The van der Waals surface area contributed by atoms with E-state index in [2.05, 4.69) is 11.8 Å². The van der Waals surface area contributed by atoms with E-state index in [1.165, 1.54) is 70.6 Å². The molecule has 4 bridgehead atoms. The van der Waals surface area contributed by atoms with Gasteiger partial charge in [0.2, 0.25) is 0 Å². The van der Waals surface area contributed by atoms with Crippen LogP contribution in [0.3, 0.4) is 0 Å². The zero-order valence-corrected chi connectivity index (χ0v) is 17.4. The van der Waals surface area contributed by atoms with Crippen LogP contribution in [0.5, 0.6) is 0 Å². The molecule has 5 fully saturated rings. The number of nitrogens with zero attached hydrogens (tertiary/aromatic N) is 1. The van der Waals surface area contributed by atoms with Gasteiger partial charge in [0.15, 0.2) is 0 Å². The second kappa shape index (κ2) is 9.11. The highest BCUT2D eigenvalue weighted by Crippen LogP contribution is 2.57. The Morgan fingerprint density at radius 2 is 1.59 bits per heavy atom. The highest BCUT2D eigenvalue weighted by Gasteiger charge is 2.51. The van der Waals surface area contributed by atoms with Gasteiger partial charge >= 0.3 is 0 Å². The fourth-order valence-corrected chi connectivity index (χ4v) is 7.05. The number of ether oxygens (including phenoxy) is 2. The summed E-state index contributed by atoms with van der Waals surface area (Å²) in [5, 5.41) is 10.4. The first-order chi connectivity index (χ1) is 13.2. The molecule has 1 N–H and O–H groups in total. The molecule has 1 atom stereocenters. The SMILES string of the molecule is CCN(C[C@@H](O)COCCOC12CC3CC(CC(C3)C1)C2)C1CCCCC1. The summed E-state index contributed by atoms with van der Waals surface area (Å²) < 4.78 is 12.2. The molecule has 0 aromatic carbocycles. The predicted octanol–water partition coefficient (Wildman–Crippen LogP) is 4.00. The molecule has 4 heteroatoms. The van der Waals surface area contributed by atoms with Gasteiger partial charge in [0.1, 0.15) is 0 Å². The van der Waals surface area contributed by atoms with Crippen molar-refractivity contribution in [3.63, 3.8) is 0 Å². The van der Waals surface area contributed by atoms with E-state index >= 15 is 0 Å². The Hall–Kier alpha value is -0.160. The smallest absolute Gasteiger partial charge is 0.0900 e. The molecule has 0 saturated heterocycles. The van der Waals surface area contributed by atoms with E-state index in [1.54, 1.807) is 0 Å². The third-order valence-corrected chi connectivity index (χ3v) is 7.87. The standard InChI is InChI=1S/C23H41NO3/c1-2-24(21-6-4-3-5-7-21)16-22(25)17-26-8-9-27-23-13-18-10-19(14-23)12-20(11-18)15-23/h18-22,25H,2-17H2,1H3/t18?,19?,20?,22-,23?/m1/s1. The molecule has 156 valence electrons. The van der Waals surface area contributed by atoms with E-state index in [1.807, 2.05) is 0 Å². The molecule has 0 heterocycles. The number of rotatable bonds is 10. The third-order valence-electron chi connectivity index (χ3n) is 7.87. The minimum absolute atomic E-state index is 0.177. The van der Waals surface area contributed by atoms with Gasteiger partial charge in [-0.05, 0) is 75.7 Å². The van der Waals surface area contributed by atoms with Crippen LogP contribution in [0.25, 0.3) is 0 Å². The van der Waals surface area contributed by atoms with Crippen LogP contribution in [0.2, 0.25) is 0 Å². The molecule has 0 aromatic heterocycles. The van der Waals surface area contributed by atoms with Gasteiger partial charge in [-0.3, -0.25) is 4.90 Å². The summed E-state index contributed by atoms with van der Waals surface area (Å²) in [7, 11) is 0. The Kier molecular flexibility index (Phi) is 6.79. The Balaban J connectivity index is 1.12. The van der Waals surface area contributed by atoms with Crippen LogP contribution in [0.1, 0.15) is 77.6 Å². The number of aliphatic hydroxyl groups excluding tert-OH is 1.